The molecule has 29 heavy (non-hydrogen) atoms. The summed E-state index contributed by atoms with van der Waals surface area (Å²) in [6.07, 6.45) is 4.07. The van der Waals surface area contributed by atoms with Gasteiger partial charge >= 0.3 is 0 Å². The fourth-order valence-corrected chi connectivity index (χ4v) is 4.30. The van der Waals surface area contributed by atoms with Gasteiger partial charge in [-0.2, -0.15) is 5.10 Å². The quantitative estimate of drug-likeness (QED) is 0.682. The normalized spacial score (nSPS) is 17.7. The third-order valence-corrected chi connectivity index (χ3v) is 5.85. The summed E-state index contributed by atoms with van der Waals surface area (Å²) in [5.74, 6) is 2.48. The second-order valence-corrected chi connectivity index (χ2v) is 7.63. The highest BCUT2D eigenvalue weighted by Gasteiger charge is 2.27. The monoisotopic (exact) mass is 417 g/mol. The molecule has 7 nitrogen and oxygen atoms in total. The molecular formula is C20H25ClFN7. The third-order valence-electron chi connectivity index (χ3n) is 5.85. The van der Waals surface area contributed by atoms with Crippen molar-refractivity contribution in [2.75, 3.05) is 19.6 Å². The van der Waals surface area contributed by atoms with Gasteiger partial charge in [0.1, 0.15) is 17.5 Å². The number of hydrogen-bond donors (Lipinski definition) is 2. The van der Waals surface area contributed by atoms with Crippen LogP contribution in [-0.2, 0) is 19.6 Å². The van der Waals surface area contributed by atoms with Crippen molar-refractivity contribution in [3.63, 3.8) is 0 Å². The molecule has 0 unspecified atom stereocenters. The van der Waals surface area contributed by atoms with E-state index >= 15 is 0 Å². The number of H-pyrrole nitrogens is 1. The van der Waals surface area contributed by atoms with Crippen LogP contribution in [0.2, 0.25) is 0 Å². The fraction of sp³-hybridized carbons (Fsp3) is 0.450. The molecule has 0 saturated carbocycles. The Morgan fingerprint density at radius 3 is 2.66 bits per heavy atom. The van der Waals surface area contributed by atoms with Crippen LogP contribution >= 0.6 is 12.4 Å². The van der Waals surface area contributed by atoms with Gasteiger partial charge in [-0.05, 0) is 50.2 Å². The van der Waals surface area contributed by atoms with Crippen LogP contribution in [0, 0.1) is 5.82 Å². The van der Waals surface area contributed by atoms with E-state index in [0.717, 1.165) is 80.6 Å². The smallest absolute Gasteiger partial charge is 0.147 e. The molecule has 1 aromatic carbocycles. The topological polar surface area (TPSA) is 74.7 Å². The predicted molar refractivity (Wildman–Crippen MR) is 110 cm³/mol. The Labute approximate surface area is 175 Å². The summed E-state index contributed by atoms with van der Waals surface area (Å²) in [7, 11) is 0. The highest BCUT2D eigenvalue weighted by Crippen LogP contribution is 2.30. The van der Waals surface area contributed by atoms with Crippen molar-refractivity contribution >= 4 is 12.4 Å². The molecule has 9 heteroatoms. The minimum absolute atomic E-state index is 0. The lowest BCUT2D eigenvalue weighted by molar-refractivity contribution is 0.199. The van der Waals surface area contributed by atoms with Crippen LogP contribution in [0.5, 0.6) is 0 Å². The number of likely N-dealkylation sites (tertiary alicyclic amines) is 1. The second kappa shape index (κ2) is 8.61. The Morgan fingerprint density at radius 1 is 1.07 bits per heavy atom. The van der Waals surface area contributed by atoms with Gasteiger partial charge in [0, 0.05) is 36.7 Å². The number of nitrogens with zero attached hydrogens (tertiary/aromatic N) is 5. The molecule has 0 bridgehead atoms. The lowest BCUT2D eigenvalue weighted by atomic mass is 9.95. The Morgan fingerprint density at radius 2 is 1.86 bits per heavy atom. The summed E-state index contributed by atoms with van der Waals surface area (Å²) < 4.78 is 15.5. The van der Waals surface area contributed by atoms with Crippen molar-refractivity contribution in [3.05, 3.63) is 53.5 Å². The first-order chi connectivity index (χ1) is 13.8. The number of halogens is 2. The van der Waals surface area contributed by atoms with Crippen LogP contribution in [0.4, 0.5) is 4.39 Å². The van der Waals surface area contributed by atoms with Gasteiger partial charge in [-0.3, -0.25) is 10.00 Å². The number of nitrogens with one attached hydrogen (secondary N) is 2. The minimum atomic E-state index is -0.224. The van der Waals surface area contributed by atoms with Gasteiger partial charge < -0.3 is 9.88 Å². The number of hydrogen-bond acceptors (Lipinski definition) is 5. The summed E-state index contributed by atoms with van der Waals surface area (Å²) in [6.45, 7) is 5.67. The summed E-state index contributed by atoms with van der Waals surface area (Å²) in [6, 6.07) is 6.56. The average molecular weight is 418 g/mol. The first kappa shape index (κ1) is 20.0. The number of benzene rings is 1. The maximum absolute atomic E-state index is 13.2. The first-order valence-electron chi connectivity index (χ1n) is 9.91. The summed E-state index contributed by atoms with van der Waals surface area (Å²) in [4.78, 5) is 2.46. The molecule has 2 aromatic heterocycles. The van der Waals surface area contributed by atoms with Crippen molar-refractivity contribution in [1.29, 1.82) is 0 Å². The molecule has 1 saturated heterocycles. The molecule has 154 valence electrons. The number of rotatable bonds is 4. The van der Waals surface area contributed by atoms with Crippen molar-refractivity contribution in [1.82, 2.24) is 35.2 Å². The Kier molecular flexibility index (Phi) is 5.94. The lowest BCUT2D eigenvalue weighted by Crippen LogP contribution is -2.34. The average Bonchev–Trinajstić information content (AvgIpc) is 3.36. The number of aromatic amines is 1. The second-order valence-electron chi connectivity index (χ2n) is 7.63. The molecule has 2 aliphatic heterocycles. The summed E-state index contributed by atoms with van der Waals surface area (Å²) in [5, 5.41) is 19.5. The molecule has 0 aliphatic carbocycles. The van der Waals surface area contributed by atoms with Crippen molar-refractivity contribution in [2.45, 2.75) is 38.4 Å². The number of aromatic nitrogens is 5. The van der Waals surface area contributed by atoms with E-state index in [1.54, 1.807) is 12.1 Å². The highest BCUT2D eigenvalue weighted by molar-refractivity contribution is 5.85. The zero-order valence-corrected chi connectivity index (χ0v) is 17.0. The molecule has 0 amide bonds. The standard InChI is InChI=1S/C20H24FN7.ClH/c21-17-3-1-14(2-4-17)19-16(11-23-25-19)13-27-8-5-15(6-9-27)20-26-24-18-12-22-7-10-28(18)20;/h1-4,11,15,22H,5-10,12-13H2,(H,23,25);1H. The van der Waals surface area contributed by atoms with E-state index < -0.39 is 0 Å². The Bertz CT molecular complexity index is 944. The van der Waals surface area contributed by atoms with Gasteiger partial charge in [0.05, 0.1) is 18.4 Å². The molecule has 5 rings (SSSR count). The highest BCUT2D eigenvalue weighted by atomic mass is 35.5. The van der Waals surface area contributed by atoms with E-state index in [9.17, 15) is 4.39 Å². The van der Waals surface area contributed by atoms with Gasteiger partial charge in [0.25, 0.3) is 0 Å². The Hall–Kier alpha value is -2.29. The number of fused-ring (bicyclic) bond motifs is 1. The molecule has 4 heterocycles. The van der Waals surface area contributed by atoms with Crippen LogP contribution in [-0.4, -0.2) is 49.5 Å². The molecule has 2 aliphatic rings. The van der Waals surface area contributed by atoms with Crippen LogP contribution in [0.15, 0.2) is 30.5 Å². The van der Waals surface area contributed by atoms with Crippen LogP contribution in [0.25, 0.3) is 11.3 Å². The predicted octanol–water partition coefficient (Wildman–Crippen LogP) is 2.71. The van der Waals surface area contributed by atoms with E-state index in [2.05, 4.69) is 35.2 Å². The molecule has 0 radical (unpaired) electrons. The van der Waals surface area contributed by atoms with E-state index in [1.165, 1.54) is 12.1 Å². The van der Waals surface area contributed by atoms with E-state index in [0.29, 0.717) is 5.92 Å². The fourth-order valence-electron chi connectivity index (χ4n) is 4.30. The lowest BCUT2D eigenvalue weighted by Gasteiger charge is -2.32. The van der Waals surface area contributed by atoms with Crippen LogP contribution in [0.3, 0.4) is 0 Å². The van der Waals surface area contributed by atoms with Gasteiger partial charge in [-0.1, -0.05) is 0 Å². The van der Waals surface area contributed by atoms with Crippen molar-refractivity contribution in [2.24, 2.45) is 0 Å². The minimum Gasteiger partial charge on any atom is -0.312 e. The molecule has 3 aromatic rings. The Balaban J connectivity index is 0.00000205. The SMILES string of the molecule is Cl.Fc1ccc(-c2[nH]ncc2CN2CCC(c3nnc4n3CCNC4)CC2)cc1. The maximum atomic E-state index is 13.2. The molecule has 1 fully saturated rings. The zero-order valence-electron chi connectivity index (χ0n) is 16.1. The molecular weight excluding hydrogens is 393 g/mol. The van der Waals surface area contributed by atoms with E-state index in [-0.39, 0.29) is 18.2 Å². The summed E-state index contributed by atoms with van der Waals surface area (Å²) >= 11 is 0. The largest absolute Gasteiger partial charge is 0.312 e. The van der Waals surface area contributed by atoms with Gasteiger partial charge in [0.2, 0.25) is 0 Å². The zero-order chi connectivity index (χ0) is 18.9. The molecule has 2 N–H and O–H groups in total. The van der Waals surface area contributed by atoms with Crippen LogP contribution in [0.1, 0.15) is 36.0 Å². The summed E-state index contributed by atoms with van der Waals surface area (Å²) in [5.41, 5.74) is 3.09. The number of piperidine rings is 1. The van der Waals surface area contributed by atoms with E-state index in [1.807, 2.05) is 6.20 Å². The van der Waals surface area contributed by atoms with Crippen molar-refractivity contribution < 1.29 is 4.39 Å². The first-order valence-corrected chi connectivity index (χ1v) is 9.91. The molecule has 0 atom stereocenters. The van der Waals surface area contributed by atoms with E-state index in [4.69, 9.17) is 0 Å². The molecule has 0 spiro atoms. The van der Waals surface area contributed by atoms with Gasteiger partial charge in [-0.25, -0.2) is 4.39 Å². The van der Waals surface area contributed by atoms with Crippen LogP contribution < -0.4 is 5.32 Å². The van der Waals surface area contributed by atoms with Gasteiger partial charge in [-0.15, -0.1) is 22.6 Å². The van der Waals surface area contributed by atoms with Crippen molar-refractivity contribution in [3.8, 4) is 11.3 Å². The van der Waals surface area contributed by atoms with Gasteiger partial charge in [0.15, 0.2) is 0 Å². The third kappa shape index (κ3) is 4.05. The maximum Gasteiger partial charge on any atom is 0.147 e.